The number of amides is 1. The summed E-state index contributed by atoms with van der Waals surface area (Å²) in [5.41, 5.74) is 1.09. The fourth-order valence-corrected chi connectivity index (χ4v) is 2.88. The Morgan fingerprint density at radius 2 is 2.14 bits per heavy atom. The highest BCUT2D eigenvalue weighted by atomic mass is 35.5. The Kier molecular flexibility index (Phi) is 5.59. The van der Waals surface area contributed by atoms with Crippen molar-refractivity contribution in [3.63, 3.8) is 0 Å². The molecule has 1 aromatic rings. The molecule has 2 rings (SSSR count). The van der Waals surface area contributed by atoms with E-state index in [2.05, 4.69) is 10.2 Å². The van der Waals surface area contributed by atoms with E-state index in [4.69, 9.17) is 16.7 Å². The summed E-state index contributed by atoms with van der Waals surface area (Å²) in [5, 5.41) is 11.7. The third kappa shape index (κ3) is 4.72. The maximum absolute atomic E-state index is 11.7. The van der Waals surface area contributed by atoms with Gasteiger partial charge in [-0.2, -0.15) is 0 Å². The van der Waals surface area contributed by atoms with Crippen molar-refractivity contribution in [1.29, 1.82) is 0 Å². The highest BCUT2D eigenvalue weighted by Gasteiger charge is 2.26. The lowest BCUT2D eigenvalue weighted by Crippen LogP contribution is -2.42. The second kappa shape index (κ2) is 7.43. The molecular formula is C15H19ClN2O3. The molecule has 6 heteroatoms. The van der Waals surface area contributed by atoms with Crippen molar-refractivity contribution >= 4 is 23.5 Å². The van der Waals surface area contributed by atoms with Gasteiger partial charge in [0.15, 0.2) is 0 Å². The first kappa shape index (κ1) is 15.8. The van der Waals surface area contributed by atoms with Gasteiger partial charge in [-0.3, -0.25) is 14.5 Å². The standard InChI is InChI=1S/C15H19ClN2O3/c16-13-6-2-1-4-11(13)8-12-5-3-7-18(12)10-14(19)17-9-15(20)21/h1-2,4,6,12H,3,5,7-10H2,(H,17,19)(H,20,21)/t12-/m0/s1. The summed E-state index contributed by atoms with van der Waals surface area (Å²) in [6.45, 7) is 0.764. The molecule has 0 unspecified atom stereocenters. The molecule has 0 bridgehead atoms. The summed E-state index contributed by atoms with van der Waals surface area (Å²) in [7, 11) is 0. The Hall–Kier alpha value is -1.59. The predicted molar refractivity (Wildman–Crippen MR) is 80.4 cm³/mol. The predicted octanol–water partition coefficient (Wildman–Crippen LogP) is 1.55. The van der Waals surface area contributed by atoms with Crippen LogP contribution < -0.4 is 5.32 Å². The van der Waals surface area contributed by atoms with Crippen molar-refractivity contribution in [2.75, 3.05) is 19.6 Å². The number of carboxylic acids is 1. The molecule has 1 aromatic carbocycles. The van der Waals surface area contributed by atoms with Crippen LogP contribution in [0, 0.1) is 0 Å². The minimum absolute atomic E-state index is 0.238. The van der Waals surface area contributed by atoms with Gasteiger partial charge >= 0.3 is 5.97 Å². The molecule has 1 atom stereocenters. The Morgan fingerprint density at radius 1 is 1.38 bits per heavy atom. The van der Waals surface area contributed by atoms with Gasteiger partial charge in [0.2, 0.25) is 5.91 Å². The topological polar surface area (TPSA) is 69.6 Å². The molecule has 1 amide bonds. The van der Waals surface area contributed by atoms with Crippen LogP contribution in [0.1, 0.15) is 18.4 Å². The van der Waals surface area contributed by atoms with E-state index in [1.165, 1.54) is 0 Å². The highest BCUT2D eigenvalue weighted by molar-refractivity contribution is 6.31. The van der Waals surface area contributed by atoms with Crippen molar-refractivity contribution in [3.8, 4) is 0 Å². The summed E-state index contributed by atoms with van der Waals surface area (Å²) >= 11 is 6.18. The summed E-state index contributed by atoms with van der Waals surface area (Å²) < 4.78 is 0. The third-order valence-electron chi connectivity index (χ3n) is 3.70. The molecule has 21 heavy (non-hydrogen) atoms. The zero-order valence-corrected chi connectivity index (χ0v) is 12.5. The molecule has 0 aromatic heterocycles. The van der Waals surface area contributed by atoms with E-state index in [9.17, 15) is 9.59 Å². The molecular weight excluding hydrogens is 292 g/mol. The highest BCUT2D eigenvalue weighted by Crippen LogP contribution is 2.24. The van der Waals surface area contributed by atoms with Gasteiger partial charge in [-0.25, -0.2) is 0 Å². The van der Waals surface area contributed by atoms with Crippen molar-refractivity contribution in [2.45, 2.75) is 25.3 Å². The number of likely N-dealkylation sites (tertiary alicyclic amines) is 1. The monoisotopic (exact) mass is 310 g/mol. The lowest BCUT2D eigenvalue weighted by Gasteiger charge is -2.24. The smallest absolute Gasteiger partial charge is 0.322 e. The van der Waals surface area contributed by atoms with Crippen molar-refractivity contribution in [1.82, 2.24) is 10.2 Å². The first-order valence-corrected chi connectivity index (χ1v) is 7.40. The molecule has 1 heterocycles. The summed E-state index contributed by atoms with van der Waals surface area (Å²) in [6, 6.07) is 8.01. The number of hydrogen-bond donors (Lipinski definition) is 2. The van der Waals surface area contributed by atoms with Crippen molar-refractivity contribution in [2.24, 2.45) is 0 Å². The molecule has 0 aliphatic carbocycles. The molecule has 5 nitrogen and oxygen atoms in total. The average molecular weight is 311 g/mol. The number of aliphatic carboxylic acids is 1. The van der Waals surface area contributed by atoms with Gasteiger partial charge in [0.1, 0.15) is 6.54 Å². The average Bonchev–Trinajstić information content (AvgIpc) is 2.86. The summed E-state index contributed by atoms with van der Waals surface area (Å²) in [5.74, 6) is -1.28. The Labute approximate surface area is 128 Å². The van der Waals surface area contributed by atoms with Gasteiger partial charge in [0.25, 0.3) is 0 Å². The van der Waals surface area contributed by atoms with E-state index in [1.54, 1.807) is 0 Å². The van der Waals surface area contributed by atoms with Gasteiger partial charge in [-0.15, -0.1) is 0 Å². The lowest BCUT2D eigenvalue weighted by molar-refractivity contribution is -0.138. The van der Waals surface area contributed by atoms with Crippen molar-refractivity contribution < 1.29 is 14.7 Å². The molecule has 114 valence electrons. The van der Waals surface area contributed by atoms with Crippen LogP contribution in [0.25, 0.3) is 0 Å². The van der Waals surface area contributed by atoms with Crippen LogP contribution >= 0.6 is 11.6 Å². The van der Waals surface area contributed by atoms with E-state index in [-0.39, 0.29) is 25.0 Å². The fraction of sp³-hybridized carbons (Fsp3) is 0.467. The molecule has 0 radical (unpaired) electrons. The van der Waals surface area contributed by atoms with Gasteiger partial charge < -0.3 is 10.4 Å². The quantitative estimate of drug-likeness (QED) is 0.836. The summed E-state index contributed by atoms with van der Waals surface area (Å²) in [4.78, 5) is 24.3. The van der Waals surface area contributed by atoms with Crippen LogP contribution in [0.15, 0.2) is 24.3 Å². The molecule has 1 aliphatic rings. The largest absolute Gasteiger partial charge is 0.480 e. The number of nitrogens with one attached hydrogen (secondary N) is 1. The zero-order chi connectivity index (χ0) is 15.2. The van der Waals surface area contributed by atoms with Crippen LogP contribution in [0.5, 0.6) is 0 Å². The normalized spacial score (nSPS) is 18.6. The van der Waals surface area contributed by atoms with E-state index in [0.29, 0.717) is 0 Å². The number of carbonyl (C=O) groups is 2. The van der Waals surface area contributed by atoms with E-state index >= 15 is 0 Å². The molecule has 0 saturated carbocycles. The van der Waals surface area contributed by atoms with Gasteiger partial charge in [-0.1, -0.05) is 29.8 Å². The second-order valence-corrected chi connectivity index (χ2v) is 5.64. The fourth-order valence-electron chi connectivity index (χ4n) is 2.67. The zero-order valence-electron chi connectivity index (χ0n) is 11.7. The number of halogens is 1. The minimum Gasteiger partial charge on any atom is -0.480 e. The number of rotatable bonds is 6. The Morgan fingerprint density at radius 3 is 2.86 bits per heavy atom. The number of carbonyl (C=O) groups excluding carboxylic acids is 1. The Bertz CT molecular complexity index is 521. The molecule has 0 spiro atoms. The van der Waals surface area contributed by atoms with Gasteiger partial charge in [0, 0.05) is 11.1 Å². The SMILES string of the molecule is O=C(O)CNC(=O)CN1CCC[C@H]1Cc1ccccc1Cl. The maximum atomic E-state index is 11.7. The second-order valence-electron chi connectivity index (χ2n) is 5.23. The number of hydrogen-bond acceptors (Lipinski definition) is 3. The van der Waals surface area contributed by atoms with Gasteiger partial charge in [0.05, 0.1) is 6.54 Å². The van der Waals surface area contributed by atoms with Crippen molar-refractivity contribution in [3.05, 3.63) is 34.9 Å². The lowest BCUT2D eigenvalue weighted by atomic mass is 10.0. The van der Waals surface area contributed by atoms with Crippen LogP contribution in [0.2, 0.25) is 5.02 Å². The van der Waals surface area contributed by atoms with Gasteiger partial charge in [-0.05, 0) is 37.4 Å². The first-order chi connectivity index (χ1) is 10.1. The maximum Gasteiger partial charge on any atom is 0.322 e. The van der Waals surface area contributed by atoms with E-state index in [1.807, 2.05) is 24.3 Å². The molecule has 1 fully saturated rings. The van der Waals surface area contributed by atoms with Crippen LogP contribution in [0.4, 0.5) is 0 Å². The van der Waals surface area contributed by atoms with Crippen LogP contribution in [-0.2, 0) is 16.0 Å². The Balaban J connectivity index is 1.90. The minimum atomic E-state index is -1.03. The van der Waals surface area contributed by atoms with E-state index in [0.717, 1.165) is 36.4 Å². The van der Waals surface area contributed by atoms with Crippen LogP contribution in [0.3, 0.4) is 0 Å². The van der Waals surface area contributed by atoms with Crippen LogP contribution in [-0.4, -0.2) is 47.6 Å². The number of carboxylic acid groups (broad SMARTS) is 1. The molecule has 1 saturated heterocycles. The molecule has 2 N–H and O–H groups in total. The first-order valence-electron chi connectivity index (χ1n) is 7.02. The number of benzene rings is 1. The third-order valence-corrected chi connectivity index (χ3v) is 4.06. The molecule has 1 aliphatic heterocycles. The van der Waals surface area contributed by atoms with E-state index < -0.39 is 5.97 Å². The summed E-state index contributed by atoms with van der Waals surface area (Å²) in [6.07, 6.45) is 2.88. The number of nitrogens with zero attached hydrogens (tertiary/aromatic N) is 1.